The minimum Gasteiger partial charge on any atom is -0.396 e. The molecule has 2 rings (SSSR count). The van der Waals surface area contributed by atoms with Gasteiger partial charge in [-0.2, -0.15) is 0 Å². The van der Waals surface area contributed by atoms with E-state index < -0.39 is 15.8 Å². The first-order valence-electron chi connectivity index (χ1n) is 6.55. The van der Waals surface area contributed by atoms with E-state index in [0.717, 1.165) is 24.1 Å². The molecule has 0 aliphatic carbocycles. The Kier molecular flexibility index (Phi) is 4.59. The first-order valence-corrected chi connectivity index (χ1v) is 8.03. The van der Waals surface area contributed by atoms with Crippen molar-refractivity contribution in [3.63, 3.8) is 0 Å². The van der Waals surface area contributed by atoms with Crippen LogP contribution in [0.3, 0.4) is 0 Å². The fraction of sp³-hybridized carbons (Fsp3) is 0.200. The van der Waals surface area contributed by atoms with Crippen LogP contribution in [0.25, 0.3) is 0 Å². The Morgan fingerprint density at radius 3 is 2.29 bits per heavy atom. The summed E-state index contributed by atoms with van der Waals surface area (Å²) in [7, 11) is -3.71. The Morgan fingerprint density at radius 2 is 1.71 bits per heavy atom. The SMILES string of the molecule is CCc1ccc(CNS(=O)(=O)c2ccc(F)c(N)c2)cc1. The molecule has 0 aromatic heterocycles. The number of rotatable bonds is 5. The standard InChI is InChI=1S/C15H17FN2O2S/c1-2-11-3-5-12(6-4-11)10-18-21(19,20)13-7-8-14(16)15(17)9-13/h3-9,18H,2,10,17H2,1H3. The molecule has 0 bridgehead atoms. The van der Waals surface area contributed by atoms with Crippen LogP contribution in [-0.2, 0) is 23.0 Å². The molecule has 3 N–H and O–H groups in total. The maximum atomic E-state index is 13.1. The summed E-state index contributed by atoms with van der Waals surface area (Å²) in [4.78, 5) is -0.0495. The van der Waals surface area contributed by atoms with Crippen molar-refractivity contribution in [1.29, 1.82) is 0 Å². The lowest BCUT2D eigenvalue weighted by molar-refractivity contribution is 0.580. The predicted octanol–water partition coefficient (Wildman–Crippen LogP) is 2.45. The van der Waals surface area contributed by atoms with Crippen molar-refractivity contribution in [3.8, 4) is 0 Å². The summed E-state index contributed by atoms with van der Waals surface area (Å²) in [5.74, 6) is -0.635. The van der Waals surface area contributed by atoms with Gasteiger partial charge in [0.15, 0.2) is 0 Å². The van der Waals surface area contributed by atoms with E-state index in [-0.39, 0.29) is 17.1 Å². The molecule has 2 aromatic rings. The molecule has 0 amide bonds. The molecule has 0 unspecified atom stereocenters. The molecular weight excluding hydrogens is 291 g/mol. The second kappa shape index (κ2) is 6.24. The summed E-state index contributed by atoms with van der Waals surface area (Å²) in [5, 5.41) is 0. The number of hydrogen-bond acceptors (Lipinski definition) is 3. The Hall–Kier alpha value is -1.92. The minimum atomic E-state index is -3.71. The van der Waals surface area contributed by atoms with Gasteiger partial charge in [-0.25, -0.2) is 17.5 Å². The van der Waals surface area contributed by atoms with E-state index in [0.29, 0.717) is 0 Å². The monoisotopic (exact) mass is 308 g/mol. The second-order valence-corrected chi connectivity index (χ2v) is 6.44. The number of nitrogens with two attached hydrogens (primary N) is 1. The van der Waals surface area contributed by atoms with Crippen molar-refractivity contribution in [1.82, 2.24) is 4.72 Å². The highest BCUT2D eigenvalue weighted by molar-refractivity contribution is 7.89. The quantitative estimate of drug-likeness (QED) is 0.833. The third kappa shape index (κ3) is 3.80. The van der Waals surface area contributed by atoms with E-state index >= 15 is 0 Å². The van der Waals surface area contributed by atoms with E-state index in [1.807, 2.05) is 24.3 Å². The normalized spacial score (nSPS) is 11.5. The minimum absolute atomic E-state index is 0.0495. The summed E-state index contributed by atoms with van der Waals surface area (Å²) in [5.41, 5.74) is 7.24. The molecule has 21 heavy (non-hydrogen) atoms. The Labute approximate surface area is 123 Å². The highest BCUT2D eigenvalue weighted by Gasteiger charge is 2.15. The molecule has 6 heteroatoms. The highest BCUT2D eigenvalue weighted by atomic mass is 32.2. The molecule has 0 fully saturated rings. The summed E-state index contributed by atoms with van der Waals surface area (Å²) >= 11 is 0. The van der Waals surface area contributed by atoms with Crippen LogP contribution >= 0.6 is 0 Å². The van der Waals surface area contributed by atoms with Crippen molar-refractivity contribution in [2.45, 2.75) is 24.8 Å². The van der Waals surface area contributed by atoms with Gasteiger partial charge >= 0.3 is 0 Å². The van der Waals surface area contributed by atoms with Gasteiger partial charge in [-0.3, -0.25) is 0 Å². The van der Waals surface area contributed by atoms with E-state index in [1.54, 1.807) is 0 Å². The zero-order valence-corrected chi connectivity index (χ0v) is 12.5. The molecule has 0 aliphatic heterocycles. The van der Waals surface area contributed by atoms with Gasteiger partial charge in [0.1, 0.15) is 5.82 Å². The van der Waals surface area contributed by atoms with Crippen molar-refractivity contribution in [2.24, 2.45) is 0 Å². The fourth-order valence-corrected chi connectivity index (χ4v) is 2.90. The average Bonchev–Trinajstić information content (AvgIpc) is 2.48. The molecule has 2 aromatic carbocycles. The van der Waals surface area contributed by atoms with Gasteiger partial charge in [-0.15, -0.1) is 0 Å². The van der Waals surface area contributed by atoms with Crippen LogP contribution in [0, 0.1) is 5.82 Å². The van der Waals surface area contributed by atoms with Crippen LogP contribution in [0.4, 0.5) is 10.1 Å². The maximum absolute atomic E-state index is 13.1. The third-order valence-corrected chi connectivity index (χ3v) is 4.57. The number of sulfonamides is 1. The summed E-state index contributed by atoms with van der Waals surface area (Å²) in [6.45, 7) is 2.22. The van der Waals surface area contributed by atoms with Crippen molar-refractivity contribution >= 4 is 15.7 Å². The van der Waals surface area contributed by atoms with Gasteiger partial charge in [0, 0.05) is 6.54 Å². The lowest BCUT2D eigenvalue weighted by Gasteiger charge is -2.08. The second-order valence-electron chi connectivity index (χ2n) is 4.68. The Bertz CT molecular complexity index is 728. The smallest absolute Gasteiger partial charge is 0.240 e. The topological polar surface area (TPSA) is 72.2 Å². The van der Waals surface area contributed by atoms with Crippen molar-refractivity contribution in [3.05, 3.63) is 59.4 Å². The van der Waals surface area contributed by atoms with Gasteiger partial charge in [0.25, 0.3) is 0 Å². The van der Waals surface area contributed by atoms with E-state index in [2.05, 4.69) is 11.6 Å². The number of aryl methyl sites for hydroxylation is 1. The van der Waals surface area contributed by atoms with Crippen molar-refractivity contribution in [2.75, 3.05) is 5.73 Å². The van der Waals surface area contributed by atoms with Crippen LogP contribution in [0.15, 0.2) is 47.4 Å². The van der Waals surface area contributed by atoms with Gasteiger partial charge in [-0.1, -0.05) is 31.2 Å². The molecule has 112 valence electrons. The number of benzene rings is 2. The molecule has 0 atom stereocenters. The molecule has 0 aliphatic rings. The number of halogens is 1. The molecule has 0 spiro atoms. The van der Waals surface area contributed by atoms with Gasteiger partial charge < -0.3 is 5.73 Å². The van der Waals surface area contributed by atoms with E-state index in [1.165, 1.54) is 11.6 Å². The first kappa shape index (κ1) is 15.5. The van der Waals surface area contributed by atoms with Crippen LogP contribution in [-0.4, -0.2) is 8.42 Å². The van der Waals surface area contributed by atoms with Gasteiger partial charge in [-0.05, 0) is 35.7 Å². The molecule has 0 saturated carbocycles. The molecule has 0 radical (unpaired) electrons. The predicted molar refractivity (Wildman–Crippen MR) is 80.7 cm³/mol. The maximum Gasteiger partial charge on any atom is 0.240 e. The zero-order chi connectivity index (χ0) is 15.5. The largest absolute Gasteiger partial charge is 0.396 e. The van der Waals surface area contributed by atoms with Crippen molar-refractivity contribution < 1.29 is 12.8 Å². The highest BCUT2D eigenvalue weighted by Crippen LogP contribution is 2.17. The van der Waals surface area contributed by atoms with E-state index in [9.17, 15) is 12.8 Å². The lowest BCUT2D eigenvalue weighted by atomic mass is 10.1. The summed E-state index contributed by atoms with van der Waals surface area (Å²) in [6.07, 6.45) is 0.931. The Balaban J connectivity index is 2.11. The average molecular weight is 308 g/mol. The zero-order valence-electron chi connectivity index (χ0n) is 11.6. The first-order chi connectivity index (χ1) is 9.92. The van der Waals surface area contributed by atoms with Gasteiger partial charge in [0.05, 0.1) is 10.6 Å². The number of nitrogen functional groups attached to an aromatic ring is 1. The number of nitrogens with one attached hydrogen (secondary N) is 1. The molecular formula is C15H17FN2O2S. The van der Waals surface area contributed by atoms with Crippen LogP contribution < -0.4 is 10.5 Å². The van der Waals surface area contributed by atoms with E-state index in [4.69, 9.17) is 5.73 Å². The van der Waals surface area contributed by atoms with Crippen LogP contribution in [0.2, 0.25) is 0 Å². The lowest BCUT2D eigenvalue weighted by Crippen LogP contribution is -2.23. The number of anilines is 1. The number of hydrogen-bond donors (Lipinski definition) is 2. The molecule has 0 saturated heterocycles. The molecule has 4 nitrogen and oxygen atoms in total. The summed E-state index contributed by atoms with van der Waals surface area (Å²) in [6, 6.07) is 11.0. The Morgan fingerprint density at radius 1 is 1.10 bits per heavy atom. The molecule has 0 heterocycles. The summed E-state index contributed by atoms with van der Waals surface area (Å²) < 4.78 is 39.7. The fourth-order valence-electron chi connectivity index (χ4n) is 1.84. The third-order valence-electron chi connectivity index (χ3n) is 3.18. The van der Waals surface area contributed by atoms with Crippen LogP contribution in [0.5, 0.6) is 0 Å². The van der Waals surface area contributed by atoms with Crippen LogP contribution in [0.1, 0.15) is 18.1 Å². The van der Waals surface area contributed by atoms with Gasteiger partial charge in [0.2, 0.25) is 10.0 Å².